The normalized spacial score (nSPS) is 18.7. The highest BCUT2D eigenvalue weighted by molar-refractivity contribution is 7.52. The molecule has 0 unspecified atom stereocenters. The molecule has 0 aromatic carbocycles. The summed E-state index contributed by atoms with van der Waals surface area (Å²) >= 11 is 0. The molecular weight excluding hydrogens is 327 g/mol. The van der Waals surface area contributed by atoms with E-state index in [0.717, 1.165) is 0 Å². The third-order valence-corrected chi connectivity index (χ3v) is 4.38. The van der Waals surface area contributed by atoms with Crippen LogP contribution < -0.4 is 11.3 Å². The number of amides is 1. The van der Waals surface area contributed by atoms with Crippen molar-refractivity contribution in [1.82, 2.24) is 24.4 Å². The van der Waals surface area contributed by atoms with E-state index in [0.29, 0.717) is 18.6 Å². The largest absolute Gasteiger partial charge is 0.369 e. The highest BCUT2D eigenvalue weighted by atomic mass is 31.2. The molecule has 1 amide bonds. The van der Waals surface area contributed by atoms with Gasteiger partial charge < -0.3 is 25.0 Å². The topological polar surface area (TPSA) is 167 Å². The molecule has 1 aliphatic rings. The Morgan fingerprint density at radius 1 is 1.52 bits per heavy atom. The number of aromatic nitrogens is 4. The Balaban J connectivity index is 1.84. The fourth-order valence-electron chi connectivity index (χ4n) is 2.68. The van der Waals surface area contributed by atoms with E-state index in [-0.39, 0.29) is 24.1 Å². The number of imidazole rings is 1. The minimum absolute atomic E-state index is 0.0309. The highest BCUT2D eigenvalue weighted by Gasteiger charge is 2.31. The summed E-state index contributed by atoms with van der Waals surface area (Å²) in [5.41, 5.74) is 5.56. The van der Waals surface area contributed by atoms with Gasteiger partial charge in [-0.05, 0) is 6.42 Å². The maximum absolute atomic E-state index is 11.9. The molecule has 11 nitrogen and oxygen atoms in total. The van der Waals surface area contributed by atoms with Crippen molar-refractivity contribution in [3.8, 4) is 0 Å². The number of carbonyl (C=O) groups excluding carboxylic acids is 1. The molecule has 5 N–H and O–H groups in total. The lowest BCUT2D eigenvalue weighted by Crippen LogP contribution is -2.31. The van der Waals surface area contributed by atoms with Crippen molar-refractivity contribution in [3.63, 3.8) is 0 Å². The number of nitrogens with two attached hydrogens (primary N) is 1. The van der Waals surface area contributed by atoms with Crippen LogP contribution in [-0.4, -0.2) is 59.4 Å². The molecule has 0 aliphatic carbocycles. The molecule has 1 saturated heterocycles. The number of H-pyrrole nitrogens is 1. The van der Waals surface area contributed by atoms with Crippen LogP contribution in [0.5, 0.6) is 0 Å². The van der Waals surface area contributed by atoms with Crippen LogP contribution in [-0.2, 0) is 9.36 Å². The summed E-state index contributed by atoms with van der Waals surface area (Å²) in [4.78, 5) is 53.2. The molecular formula is C11H15N6O5P. The number of fused-ring (bicyclic) bond motifs is 1. The highest BCUT2D eigenvalue weighted by Crippen LogP contribution is 2.35. The summed E-state index contributed by atoms with van der Waals surface area (Å²) < 4.78 is 12.6. The van der Waals surface area contributed by atoms with E-state index in [2.05, 4.69) is 15.0 Å². The molecule has 0 bridgehead atoms. The number of hydrogen-bond donors (Lipinski definition) is 4. The third-order valence-electron chi connectivity index (χ3n) is 3.70. The van der Waals surface area contributed by atoms with Crippen LogP contribution in [0, 0.1) is 0 Å². The summed E-state index contributed by atoms with van der Waals surface area (Å²) in [5, 5.41) is 0. The first-order valence-corrected chi connectivity index (χ1v) is 8.59. The maximum atomic E-state index is 11.9. The molecule has 124 valence electrons. The van der Waals surface area contributed by atoms with Gasteiger partial charge in [0, 0.05) is 13.1 Å². The lowest BCUT2D eigenvalue weighted by molar-refractivity contribution is -0.127. The third kappa shape index (κ3) is 3.11. The van der Waals surface area contributed by atoms with Gasteiger partial charge in [0.15, 0.2) is 11.2 Å². The molecule has 1 atom stereocenters. The van der Waals surface area contributed by atoms with Crippen LogP contribution in [0.3, 0.4) is 0 Å². The molecule has 0 saturated carbocycles. The van der Waals surface area contributed by atoms with Gasteiger partial charge in [-0.25, -0.2) is 4.98 Å². The second-order valence-corrected chi connectivity index (χ2v) is 7.03. The summed E-state index contributed by atoms with van der Waals surface area (Å²) in [6.07, 6.45) is 1.20. The summed E-state index contributed by atoms with van der Waals surface area (Å²) in [6.45, 7) is 0.626. The van der Waals surface area contributed by atoms with Gasteiger partial charge in [0.05, 0.1) is 12.4 Å². The van der Waals surface area contributed by atoms with Crippen LogP contribution in [0.1, 0.15) is 12.5 Å². The monoisotopic (exact) mass is 342 g/mol. The fraction of sp³-hybridized carbons (Fsp3) is 0.455. The van der Waals surface area contributed by atoms with E-state index in [1.54, 1.807) is 4.57 Å². The summed E-state index contributed by atoms with van der Waals surface area (Å²) in [7, 11) is -4.39. The summed E-state index contributed by atoms with van der Waals surface area (Å²) in [6, 6.07) is -0.186. The SMILES string of the molecule is Nc1nc2c(ncn2[C@H]2CCN(C(=O)CP(=O)(O)O)C2)c(=O)[nH]1. The Kier molecular flexibility index (Phi) is 3.71. The maximum Gasteiger partial charge on any atom is 0.334 e. The van der Waals surface area contributed by atoms with Crippen molar-refractivity contribution in [3.05, 3.63) is 16.7 Å². The van der Waals surface area contributed by atoms with Crippen LogP contribution >= 0.6 is 7.60 Å². The Bertz CT molecular complexity index is 869. The Morgan fingerprint density at radius 3 is 2.96 bits per heavy atom. The number of hydrogen-bond acceptors (Lipinski definition) is 6. The van der Waals surface area contributed by atoms with Gasteiger partial charge in [0.2, 0.25) is 11.9 Å². The van der Waals surface area contributed by atoms with Crippen LogP contribution in [0.4, 0.5) is 5.95 Å². The van der Waals surface area contributed by atoms with E-state index in [1.165, 1.54) is 11.2 Å². The van der Waals surface area contributed by atoms with E-state index in [1.807, 2.05) is 0 Å². The molecule has 2 aromatic rings. The number of anilines is 1. The average molecular weight is 342 g/mol. The number of rotatable bonds is 3. The minimum atomic E-state index is -4.39. The van der Waals surface area contributed by atoms with Crippen molar-refractivity contribution < 1.29 is 19.1 Å². The molecule has 23 heavy (non-hydrogen) atoms. The second kappa shape index (κ2) is 5.44. The Morgan fingerprint density at radius 2 is 2.26 bits per heavy atom. The van der Waals surface area contributed by atoms with E-state index in [9.17, 15) is 14.2 Å². The Hall–Kier alpha value is -2.23. The number of nitrogens with zero attached hydrogens (tertiary/aromatic N) is 4. The predicted molar refractivity (Wildman–Crippen MR) is 79.7 cm³/mol. The molecule has 1 fully saturated rings. The zero-order chi connectivity index (χ0) is 16.8. The number of nitrogens with one attached hydrogen (secondary N) is 1. The van der Waals surface area contributed by atoms with Gasteiger partial charge in [-0.2, -0.15) is 4.98 Å². The Labute approximate surface area is 129 Å². The van der Waals surface area contributed by atoms with Gasteiger partial charge in [0.1, 0.15) is 6.16 Å². The number of likely N-dealkylation sites (tertiary alicyclic amines) is 1. The predicted octanol–water partition coefficient (Wildman–Crippen LogP) is -1.35. The molecule has 1 aliphatic heterocycles. The summed E-state index contributed by atoms with van der Waals surface area (Å²) in [5.74, 6) is -0.632. The van der Waals surface area contributed by atoms with Crippen molar-refractivity contribution in [2.24, 2.45) is 0 Å². The minimum Gasteiger partial charge on any atom is -0.369 e. The molecule has 0 radical (unpaired) electrons. The first-order chi connectivity index (χ1) is 10.7. The van der Waals surface area contributed by atoms with E-state index >= 15 is 0 Å². The van der Waals surface area contributed by atoms with E-state index in [4.69, 9.17) is 15.5 Å². The molecule has 2 aromatic heterocycles. The lowest BCUT2D eigenvalue weighted by Gasteiger charge is -2.17. The van der Waals surface area contributed by atoms with Gasteiger partial charge in [-0.1, -0.05) is 0 Å². The molecule has 0 spiro atoms. The van der Waals surface area contributed by atoms with Crippen molar-refractivity contribution in [2.45, 2.75) is 12.5 Å². The fourth-order valence-corrected chi connectivity index (χ4v) is 3.23. The molecule has 3 heterocycles. The zero-order valence-electron chi connectivity index (χ0n) is 11.9. The van der Waals surface area contributed by atoms with Crippen LogP contribution in [0.15, 0.2) is 11.1 Å². The van der Waals surface area contributed by atoms with Crippen molar-refractivity contribution in [1.29, 1.82) is 0 Å². The molecule has 12 heteroatoms. The van der Waals surface area contributed by atoms with E-state index < -0.39 is 25.2 Å². The molecule has 3 rings (SSSR count). The standard InChI is InChI=1S/C11H15N6O5P/c12-11-14-9-8(10(19)15-11)13-5-17(9)6-1-2-16(3-6)7(18)4-23(20,21)22/h5-6H,1-4H2,(H2,20,21,22)(H3,12,14,15,19)/t6-/m0/s1. The van der Waals surface area contributed by atoms with Crippen molar-refractivity contribution >= 4 is 30.6 Å². The first-order valence-electron chi connectivity index (χ1n) is 6.79. The first kappa shape index (κ1) is 15.7. The quantitative estimate of drug-likeness (QED) is 0.497. The van der Waals surface area contributed by atoms with Gasteiger partial charge in [0.25, 0.3) is 5.56 Å². The van der Waals surface area contributed by atoms with Crippen molar-refractivity contribution in [2.75, 3.05) is 25.0 Å². The number of nitrogen functional groups attached to an aromatic ring is 1. The van der Waals surface area contributed by atoms with Crippen LogP contribution in [0.2, 0.25) is 0 Å². The van der Waals surface area contributed by atoms with Crippen LogP contribution in [0.25, 0.3) is 11.2 Å². The number of carbonyl (C=O) groups is 1. The van der Waals surface area contributed by atoms with Gasteiger partial charge in [-0.15, -0.1) is 0 Å². The van der Waals surface area contributed by atoms with Gasteiger partial charge >= 0.3 is 7.60 Å². The second-order valence-electron chi connectivity index (χ2n) is 5.38. The van der Waals surface area contributed by atoms with Gasteiger partial charge in [-0.3, -0.25) is 19.1 Å². The number of aromatic amines is 1. The smallest absolute Gasteiger partial charge is 0.334 e. The average Bonchev–Trinajstić information content (AvgIpc) is 3.01. The zero-order valence-corrected chi connectivity index (χ0v) is 12.8. The lowest BCUT2D eigenvalue weighted by atomic mass is 10.2.